The Morgan fingerprint density at radius 2 is 1.74 bits per heavy atom. The Hall–Kier alpha value is -3.45. The van der Waals surface area contributed by atoms with E-state index in [0.29, 0.717) is 11.0 Å². The summed E-state index contributed by atoms with van der Waals surface area (Å²) in [6.45, 7) is 4.05. The smallest absolute Gasteiger partial charge is 0.234 e. The molecule has 1 aromatic heterocycles. The van der Waals surface area contributed by atoms with Crippen molar-refractivity contribution in [3.63, 3.8) is 0 Å². The van der Waals surface area contributed by atoms with E-state index in [1.165, 1.54) is 23.9 Å². The topological polar surface area (TPSA) is 59.8 Å². The molecule has 1 N–H and O–H groups in total. The first kappa shape index (κ1) is 20.8. The molecule has 0 aliphatic heterocycles. The molecule has 0 spiro atoms. The van der Waals surface area contributed by atoms with E-state index in [0.717, 1.165) is 22.4 Å². The van der Waals surface area contributed by atoms with Gasteiger partial charge < -0.3 is 5.32 Å². The molecule has 1 amide bonds. The van der Waals surface area contributed by atoms with Gasteiger partial charge in [-0.3, -0.25) is 9.36 Å². The van der Waals surface area contributed by atoms with Gasteiger partial charge in [0.05, 0.1) is 11.4 Å². The molecule has 3 aromatic carbocycles. The fraction of sp³-hybridized carbons (Fsp3) is 0.125. The van der Waals surface area contributed by atoms with Crippen LogP contribution in [-0.4, -0.2) is 26.4 Å². The average molecular weight is 433 g/mol. The number of aromatic nitrogens is 3. The van der Waals surface area contributed by atoms with E-state index in [4.69, 9.17) is 0 Å². The summed E-state index contributed by atoms with van der Waals surface area (Å²) in [5.41, 5.74) is 4.27. The molecule has 0 aliphatic carbocycles. The minimum Gasteiger partial charge on any atom is -0.323 e. The summed E-state index contributed by atoms with van der Waals surface area (Å²) in [4.78, 5) is 12.4. The molecule has 31 heavy (non-hydrogen) atoms. The molecule has 4 aromatic rings. The Morgan fingerprint density at radius 3 is 2.48 bits per heavy atom. The highest BCUT2D eigenvalue weighted by molar-refractivity contribution is 7.99. The number of carbonyl (C=O) groups is 1. The van der Waals surface area contributed by atoms with Crippen LogP contribution in [-0.2, 0) is 4.79 Å². The van der Waals surface area contributed by atoms with E-state index in [1.54, 1.807) is 12.1 Å². The average Bonchev–Trinajstić information content (AvgIpc) is 3.18. The molecule has 5 nitrogen and oxygen atoms in total. The zero-order valence-electron chi connectivity index (χ0n) is 17.2. The van der Waals surface area contributed by atoms with Crippen LogP contribution in [0.3, 0.4) is 0 Å². The summed E-state index contributed by atoms with van der Waals surface area (Å²) in [5.74, 6) is -0.00721. The Balaban J connectivity index is 1.62. The molecule has 0 saturated heterocycles. The lowest BCUT2D eigenvalue weighted by atomic mass is 10.1. The third-order valence-corrected chi connectivity index (χ3v) is 5.61. The fourth-order valence-electron chi connectivity index (χ4n) is 3.14. The predicted octanol–water partition coefficient (Wildman–Crippen LogP) is 5.42. The molecule has 0 fully saturated rings. The van der Waals surface area contributed by atoms with Crippen LogP contribution in [0.25, 0.3) is 17.1 Å². The maximum absolute atomic E-state index is 13.8. The molecule has 0 saturated carbocycles. The summed E-state index contributed by atoms with van der Waals surface area (Å²) in [5, 5.41) is 11.9. The van der Waals surface area contributed by atoms with Crippen molar-refractivity contribution in [1.82, 2.24) is 14.8 Å². The second kappa shape index (κ2) is 9.14. The number of halogens is 1. The number of benzene rings is 3. The molecule has 0 aliphatic rings. The largest absolute Gasteiger partial charge is 0.323 e. The van der Waals surface area contributed by atoms with E-state index in [1.807, 2.05) is 66.9 Å². The summed E-state index contributed by atoms with van der Waals surface area (Å²) >= 11 is 1.25. The van der Waals surface area contributed by atoms with Gasteiger partial charge in [0.2, 0.25) is 5.91 Å². The lowest BCUT2D eigenvalue weighted by Gasteiger charge is -2.11. The number of carbonyl (C=O) groups excluding carboxylic acids is 1. The van der Waals surface area contributed by atoms with Gasteiger partial charge in [0.1, 0.15) is 5.82 Å². The number of rotatable bonds is 6. The van der Waals surface area contributed by atoms with Crippen LogP contribution in [0.2, 0.25) is 0 Å². The van der Waals surface area contributed by atoms with Crippen LogP contribution >= 0.6 is 11.8 Å². The highest BCUT2D eigenvalue weighted by Gasteiger charge is 2.18. The maximum atomic E-state index is 13.8. The van der Waals surface area contributed by atoms with Gasteiger partial charge in [0.25, 0.3) is 0 Å². The molecule has 4 rings (SSSR count). The highest BCUT2D eigenvalue weighted by atomic mass is 32.2. The normalized spacial score (nSPS) is 10.8. The Labute approximate surface area is 184 Å². The van der Waals surface area contributed by atoms with Gasteiger partial charge in [0.15, 0.2) is 11.0 Å². The summed E-state index contributed by atoms with van der Waals surface area (Å²) < 4.78 is 15.7. The van der Waals surface area contributed by atoms with Crippen molar-refractivity contribution in [3.8, 4) is 17.1 Å². The van der Waals surface area contributed by atoms with Crippen molar-refractivity contribution in [2.75, 3.05) is 11.1 Å². The molecule has 1 heterocycles. The number of nitrogens with zero attached hydrogens (tertiary/aromatic N) is 3. The number of hydrogen-bond donors (Lipinski definition) is 1. The number of hydrogen-bond acceptors (Lipinski definition) is 4. The first-order valence-electron chi connectivity index (χ1n) is 9.78. The molecular weight excluding hydrogens is 411 g/mol. The molecular formula is C24H21FN4OS. The lowest BCUT2D eigenvalue weighted by Crippen LogP contribution is -2.15. The first-order valence-corrected chi connectivity index (χ1v) is 10.8. The Kier molecular flexibility index (Phi) is 6.13. The molecule has 7 heteroatoms. The van der Waals surface area contributed by atoms with Gasteiger partial charge in [0, 0.05) is 11.3 Å². The minimum atomic E-state index is -0.467. The summed E-state index contributed by atoms with van der Waals surface area (Å²) in [6, 6.07) is 22.2. The van der Waals surface area contributed by atoms with Gasteiger partial charge in [-0.1, -0.05) is 65.4 Å². The van der Waals surface area contributed by atoms with Crippen LogP contribution < -0.4 is 5.32 Å². The second-order valence-corrected chi connectivity index (χ2v) is 8.11. The zero-order valence-corrected chi connectivity index (χ0v) is 18.0. The first-order chi connectivity index (χ1) is 15.0. The number of anilines is 1. The van der Waals surface area contributed by atoms with Crippen molar-refractivity contribution in [2.45, 2.75) is 19.0 Å². The molecule has 0 bridgehead atoms. The van der Waals surface area contributed by atoms with Gasteiger partial charge in [-0.2, -0.15) is 0 Å². The van der Waals surface area contributed by atoms with E-state index in [-0.39, 0.29) is 17.3 Å². The number of amides is 1. The number of aryl methyl sites for hydroxylation is 2. The fourth-order valence-corrected chi connectivity index (χ4v) is 3.89. The number of para-hydroxylation sites is 1. The van der Waals surface area contributed by atoms with Crippen LogP contribution in [0.5, 0.6) is 0 Å². The Morgan fingerprint density at radius 1 is 0.968 bits per heavy atom. The highest BCUT2D eigenvalue weighted by Crippen LogP contribution is 2.28. The SMILES string of the molecule is Cc1ccc(-n2c(SCC(=O)Nc3ccccc3F)nnc2-c2cccc(C)c2)cc1. The van der Waals surface area contributed by atoms with Crippen molar-refractivity contribution in [1.29, 1.82) is 0 Å². The van der Waals surface area contributed by atoms with Crippen LogP contribution in [0.1, 0.15) is 11.1 Å². The van der Waals surface area contributed by atoms with Crippen molar-refractivity contribution < 1.29 is 9.18 Å². The Bertz CT molecular complexity index is 1220. The standard InChI is InChI=1S/C24H21FN4OS/c1-16-10-12-19(13-11-16)29-23(18-7-5-6-17(2)14-18)27-28-24(29)31-15-22(30)26-21-9-4-3-8-20(21)25/h3-14H,15H2,1-2H3,(H,26,30). The third kappa shape index (κ3) is 4.83. The predicted molar refractivity (Wildman–Crippen MR) is 122 cm³/mol. The van der Waals surface area contributed by atoms with Gasteiger partial charge in [-0.05, 0) is 44.2 Å². The van der Waals surface area contributed by atoms with Crippen LogP contribution in [0.15, 0.2) is 78.0 Å². The van der Waals surface area contributed by atoms with Gasteiger partial charge >= 0.3 is 0 Å². The van der Waals surface area contributed by atoms with E-state index >= 15 is 0 Å². The van der Waals surface area contributed by atoms with Crippen molar-refractivity contribution >= 4 is 23.4 Å². The molecule has 156 valence electrons. The quantitative estimate of drug-likeness (QED) is 0.413. The van der Waals surface area contributed by atoms with Crippen molar-refractivity contribution in [3.05, 3.63) is 89.7 Å². The van der Waals surface area contributed by atoms with Crippen LogP contribution in [0.4, 0.5) is 10.1 Å². The van der Waals surface area contributed by atoms with Crippen LogP contribution in [0, 0.1) is 19.7 Å². The summed E-state index contributed by atoms with van der Waals surface area (Å²) in [6.07, 6.45) is 0. The monoisotopic (exact) mass is 432 g/mol. The maximum Gasteiger partial charge on any atom is 0.234 e. The van der Waals surface area contributed by atoms with E-state index in [9.17, 15) is 9.18 Å². The summed E-state index contributed by atoms with van der Waals surface area (Å²) in [7, 11) is 0. The van der Waals surface area contributed by atoms with Crippen molar-refractivity contribution in [2.24, 2.45) is 0 Å². The second-order valence-electron chi connectivity index (χ2n) is 7.16. The third-order valence-electron chi connectivity index (χ3n) is 4.68. The van der Waals surface area contributed by atoms with E-state index in [2.05, 4.69) is 15.5 Å². The minimum absolute atomic E-state index is 0.0755. The molecule has 0 radical (unpaired) electrons. The molecule has 0 unspecified atom stereocenters. The van der Waals surface area contributed by atoms with Gasteiger partial charge in [-0.25, -0.2) is 4.39 Å². The van der Waals surface area contributed by atoms with E-state index < -0.39 is 5.82 Å². The number of thioether (sulfide) groups is 1. The zero-order chi connectivity index (χ0) is 21.8. The number of nitrogens with one attached hydrogen (secondary N) is 1. The molecule has 0 atom stereocenters. The lowest BCUT2D eigenvalue weighted by molar-refractivity contribution is -0.113. The van der Waals surface area contributed by atoms with Gasteiger partial charge in [-0.15, -0.1) is 10.2 Å².